The average molecular weight is 286 g/mol. The fourth-order valence-corrected chi connectivity index (χ4v) is 1.92. The predicted molar refractivity (Wildman–Crippen MR) is 89.3 cm³/mol. The SMILES string of the molecule is Nc1ccc(NCCC(O)CNc2ccc(N)cc2)cc1. The Morgan fingerprint density at radius 2 is 1.29 bits per heavy atom. The molecule has 0 heterocycles. The summed E-state index contributed by atoms with van der Waals surface area (Å²) >= 11 is 0. The summed E-state index contributed by atoms with van der Waals surface area (Å²) in [6.45, 7) is 1.21. The molecule has 2 aromatic rings. The highest BCUT2D eigenvalue weighted by Gasteiger charge is 2.03. The summed E-state index contributed by atoms with van der Waals surface area (Å²) in [6, 6.07) is 15.0. The highest BCUT2D eigenvalue weighted by molar-refractivity contribution is 5.52. The standard InChI is InChI=1S/C16H22N4O/c17-12-1-5-14(6-2-12)19-10-9-16(21)11-20-15-7-3-13(18)4-8-15/h1-8,16,19-21H,9-11,17-18H2. The molecule has 0 aliphatic rings. The largest absolute Gasteiger partial charge is 0.399 e. The van der Waals surface area contributed by atoms with Crippen molar-refractivity contribution in [2.75, 3.05) is 35.2 Å². The van der Waals surface area contributed by atoms with Crippen molar-refractivity contribution < 1.29 is 5.11 Å². The molecule has 5 heteroatoms. The van der Waals surface area contributed by atoms with Crippen LogP contribution < -0.4 is 22.1 Å². The molecule has 0 aromatic heterocycles. The summed E-state index contributed by atoms with van der Waals surface area (Å²) in [5, 5.41) is 16.4. The normalized spacial score (nSPS) is 11.9. The topological polar surface area (TPSA) is 96.3 Å². The number of hydrogen-bond donors (Lipinski definition) is 5. The fourth-order valence-electron chi connectivity index (χ4n) is 1.92. The number of anilines is 4. The van der Waals surface area contributed by atoms with E-state index in [0.29, 0.717) is 19.5 Å². The minimum atomic E-state index is -0.413. The molecule has 0 saturated heterocycles. The summed E-state index contributed by atoms with van der Waals surface area (Å²) < 4.78 is 0. The minimum Gasteiger partial charge on any atom is -0.399 e. The highest BCUT2D eigenvalue weighted by atomic mass is 16.3. The predicted octanol–water partition coefficient (Wildman–Crippen LogP) is 2.13. The van der Waals surface area contributed by atoms with Gasteiger partial charge in [0.1, 0.15) is 0 Å². The summed E-state index contributed by atoms with van der Waals surface area (Å²) in [6.07, 6.45) is 0.246. The van der Waals surface area contributed by atoms with Crippen LogP contribution in [0.15, 0.2) is 48.5 Å². The van der Waals surface area contributed by atoms with E-state index in [1.807, 2.05) is 48.5 Å². The molecule has 0 aliphatic heterocycles. The molecule has 1 atom stereocenters. The third-order valence-corrected chi connectivity index (χ3v) is 3.17. The highest BCUT2D eigenvalue weighted by Crippen LogP contribution is 2.12. The van der Waals surface area contributed by atoms with Crippen LogP contribution in [0, 0.1) is 0 Å². The Labute approximate surface area is 125 Å². The molecule has 0 bridgehead atoms. The van der Waals surface area contributed by atoms with Crippen LogP contribution in [0.2, 0.25) is 0 Å². The van der Waals surface area contributed by atoms with E-state index in [4.69, 9.17) is 11.5 Å². The van der Waals surface area contributed by atoms with E-state index in [2.05, 4.69) is 10.6 Å². The maximum atomic E-state index is 9.94. The number of nitrogens with one attached hydrogen (secondary N) is 2. The van der Waals surface area contributed by atoms with Crippen molar-refractivity contribution in [2.45, 2.75) is 12.5 Å². The van der Waals surface area contributed by atoms with Gasteiger partial charge in [0, 0.05) is 35.8 Å². The second kappa shape index (κ2) is 7.40. The monoisotopic (exact) mass is 286 g/mol. The third-order valence-electron chi connectivity index (χ3n) is 3.17. The van der Waals surface area contributed by atoms with E-state index in [1.165, 1.54) is 0 Å². The zero-order valence-corrected chi connectivity index (χ0v) is 11.9. The van der Waals surface area contributed by atoms with Gasteiger partial charge in [-0.25, -0.2) is 0 Å². The molecule has 0 saturated carbocycles. The molecule has 0 spiro atoms. The summed E-state index contributed by atoms with van der Waals surface area (Å²) in [5.74, 6) is 0. The lowest BCUT2D eigenvalue weighted by Gasteiger charge is -2.14. The molecular formula is C16H22N4O. The van der Waals surface area contributed by atoms with E-state index < -0.39 is 6.10 Å². The van der Waals surface area contributed by atoms with Gasteiger partial charge in [-0.15, -0.1) is 0 Å². The van der Waals surface area contributed by atoms with E-state index in [1.54, 1.807) is 0 Å². The van der Waals surface area contributed by atoms with Crippen molar-refractivity contribution in [3.05, 3.63) is 48.5 Å². The fraction of sp³-hybridized carbons (Fsp3) is 0.250. The molecule has 21 heavy (non-hydrogen) atoms. The van der Waals surface area contributed by atoms with Gasteiger partial charge in [0.05, 0.1) is 6.10 Å². The molecule has 0 fully saturated rings. The Kier molecular flexibility index (Phi) is 5.29. The van der Waals surface area contributed by atoms with E-state index in [0.717, 1.165) is 22.7 Å². The molecule has 0 radical (unpaired) electrons. The average Bonchev–Trinajstić information content (AvgIpc) is 2.49. The van der Waals surface area contributed by atoms with Crippen LogP contribution in [-0.2, 0) is 0 Å². The van der Waals surface area contributed by atoms with Crippen molar-refractivity contribution in [1.29, 1.82) is 0 Å². The maximum Gasteiger partial charge on any atom is 0.0729 e. The Morgan fingerprint density at radius 1 is 0.810 bits per heavy atom. The van der Waals surface area contributed by atoms with Crippen LogP contribution in [0.3, 0.4) is 0 Å². The van der Waals surface area contributed by atoms with Gasteiger partial charge in [-0.1, -0.05) is 0 Å². The van der Waals surface area contributed by atoms with Crippen LogP contribution in [0.5, 0.6) is 0 Å². The smallest absolute Gasteiger partial charge is 0.0729 e. The molecule has 2 rings (SSSR count). The van der Waals surface area contributed by atoms with E-state index >= 15 is 0 Å². The molecular weight excluding hydrogens is 264 g/mol. The van der Waals surface area contributed by atoms with Crippen LogP contribution in [-0.4, -0.2) is 24.3 Å². The number of rotatable bonds is 7. The van der Waals surface area contributed by atoms with Crippen molar-refractivity contribution in [3.8, 4) is 0 Å². The second-order valence-corrected chi connectivity index (χ2v) is 4.99. The number of hydrogen-bond acceptors (Lipinski definition) is 5. The maximum absolute atomic E-state index is 9.94. The zero-order chi connectivity index (χ0) is 15.1. The van der Waals surface area contributed by atoms with Crippen molar-refractivity contribution >= 4 is 22.7 Å². The number of nitrogen functional groups attached to an aromatic ring is 2. The molecule has 2 aromatic carbocycles. The molecule has 5 nitrogen and oxygen atoms in total. The Morgan fingerprint density at radius 3 is 1.81 bits per heavy atom. The second-order valence-electron chi connectivity index (χ2n) is 4.99. The lowest BCUT2D eigenvalue weighted by atomic mass is 10.2. The van der Waals surface area contributed by atoms with Gasteiger partial charge < -0.3 is 27.2 Å². The number of benzene rings is 2. The lowest BCUT2D eigenvalue weighted by Crippen LogP contribution is -2.22. The van der Waals surface area contributed by atoms with Gasteiger partial charge in [0.25, 0.3) is 0 Å². The zero-order valence-electron chi connectivity index (χ0n) is 11.9. The van der Waals surface area contributed by atoms with Crippen molar-refractivity contribution in [1.82, 2.24) is 0 Å². The minimum absolute atomic E-state index is 0.413. The lowest BCUT2D eigenvalue weighted by molar-refractivity contribution is 0.181. The summed E-state index contributed by atoms with van der Waals surface area (Å²) in [4.78, 5) is 0. The van der Waals surface area contributed by atoms with Gasteiger partial charge in [0.15, 0.2) is 0 Å². The summed E-state index contributed by atoms with van der Waals surface area (Å²) in [5.41, 5.74) is 14.7. The molecule has 7 N–H and O–H groups in total. The first kappa shape index (κ1) is 15.0. The van der Waals surface area contributed by atoms with Gasteiger partial charge in [-0.3, -0.25) is 0 Å². The van der Waals surface area contributed by atoms with Gasteiger partial charge >= 0.3 is 0 Å². The Balaban J connectivity index is 1.66. The van der Waals surface area contributed by atoms with Crippen LogP contribution >= 0.6 is 0 Å². The number of aliphatic hydroxyl groups excluding tert-OH is 1. The van der Waals surface area contributed by atoms with Crippen LogP contribution in [0.25, 0.3) is 0 Å². The quantitative estimate of drug-likeness (QED) is 0.502. The van der Waals surface area contributed by atoms with Crippen LogP contribution in [0.4, 0.5) is 22.7 Å². The Bertz CT molecular complexity index is 539. The molecule has 0 aliphatic carbocycles. The number of nitrogens with two attached hydrogens (primary N) is 2. The van der Waals surface area contributed by atoms with Crippen molar-refractivity contribution in [2.24, 2.45) is 0 Å². The van der Waals surface area contributed by atoms with Gasteiger partial charge in [-0.2, -0.15) is 0 Å². The van der Waals surface area contributed by atoms with Gasteiger partial charge in [-0.05, 0) is 55.0 Å². The van der Waals surface area contributed by atoms with E-state index in [9.17, 15) is 5.11 Å². The summed E-state index contributed by atoms with van der Waals surface area (Å²) in [7, 11) is 0. The first-order valence-corrected chi connectivity index (χ1v) is 7.00. The molecule has 1 unspecified atom stereocenters. The van der Waals surface area contributed by atoms with E-state index in [-0.39, 0.29) is 0 Å². The van der Waals surface area contributed by atoms with Crippen molar-refractivity contribution in [3.63, 3.8) is 0 Å². The number of aliphatic hydroxyl groups is 1. The molecule has 0 amide bonds. The Hall–Kier alpha value is -2.40. The van der Waals surface area contributed by atoms with Crippen LogP contribution in [0.1, 0.15) is 6.42 Å². The molecule has 112 valence electrons. The third kappa shape index (κ3) is 5.24. The first-order valence-electron chi connectivity index (χ1n) is 7.00. The van der Waals surface area contributed by atoms with Gasteiger partial charge in [0.2, 0.25) is 0 Å². The first-order chi connectivity index (χ1) is 10.1.